The van der Waals surface area contributed by atoms with Gasteiger partial charge in [0.1, 0.15) is 6.04 Å². The molecule has 0 fully saturated rings. The molecule has 0 aliphatic carbocycles. The number of carbonyl (C=O) groups excluding carboxylic acids is 2. The largest absolute Gasteiger partial charge is 0.481 e. The standard InChI is InChI=1S/C19H20BrN3O4/c20-14-6-3-7-15(11-14)22-19(27)16(8-1-2-9-17(24)25)23-18(26)13-5-4-10-21-12-13/h3-7,10-12,16H,1-2,8-9H2,(H,22,27)(H,23,26)(H,24,25). The van der Waals surface area contributed by atoms with Crippen molar-refractivity contribution in [3.05, 3.63) is 58.8 Å². The Balaban J connectivity index is 2.04. The molecule has 2 rings (SSSR count). The van der Waals surface area contributed by atoms with Crippen molar-refractivity contribution < 1.29 is 19.5 Å². The molecule has 1 heterocycles. The summed E-state index contributed by atoms with van der Waals surface area (Å²) in [4.78, 5) is 39.6. The Morgan fingerprint density at radius 2 is 1.96 bits per heavy atom. The van der Waals surface area contributed by atoms with E-state index in [0.717, 1.165) is 4.47 Å². The maximum absolute atomic E-state index is 12.6. The zero-order valence-corrected chi connectivity index (χ0v) is 16.1. The van der Waals surface area contributed by atoms with Gasteiger partial charge in [0.05, 0.1) is 5.56 Å². The first-order valence-corrected chi connectivity index (χ1v) is 9.24. The van der Waals surface area contributed by atoms with Crippen LogP contribution < -0.4 is 10.6 Å². The molecule has 1 unspecified atom stereocenters. The van der Waals surface area contributed by atoms with Crippen molar-refractivity contribution in [2.24, 2.45) is 0 Å². The van der Waals surface area contributed by atoms with Crippen LogP contribution in [0.15, 0.2) is 53.3 Å². The first-order chi connectivity index (χ1) is 13.0. The second kappa shape index (κ2) is 10.4. The van der Waals surface area contributed by atoms with E-state index in [1.807, 2.05) is 6.07 Å². The number of nitrogens with zero attached hydrogens (tertiary/aromatic N) is 1. The lowest BCUT2D eigenvalue weighted by Gasteiger charge is -2.18. The van der Waals surface area contributed by atoms with E-state index in [1.54, 1.807) is 36.5 Å². The molecule has 142 valence electrons. The molecule has 7 nitrogen and oxygen atoms in total. The lowest BCUT2D eigenvalue weighted by Crippen LogP contribution is -2.43. The molecule has 0 saturated heterocycles. The first kappa shape index (κ1) is 20.6. The predicted octanol–water partition coefficient (Wildman–Crippen LogP) is 3.23. The van der Waals surface area contributed by atoms with Gasteiger partial charge < -0.3 is 15.7 Å². The minimum absolute atomic E-state index is 0.0243. The van der Waals surface area contributed by atoms with Crippen LogP contribution in [0.5, 0.6) is 0 Å². The number of carboxylic acid groups (broad SMARTS) is 1. The van der Waals surface area contributed by atoms with Gasteiger partial charge in [-0.3, -0.25) is 19.4 Å². The molecule has 0 aliphatic rings. The molecular formula is C19H20BrN3O4. The van der Waals surface area contributed by atoms with Gasteiger partial charge in [0, 0.05) is 29.0 Å². The maximum atomic E-state index is 12.6. The number of aliphatic carboxylic acids is 1. The molecule has 27 heavy (non-hydrogen) atoms. The van der Waals surface area contributed by atoms with Gasteiger partial charge in [-0.1, -0.05) is 28.4 Å². The summed E-state index contributed by atoms with van der Waals surface area (Å²) in [7, 11) is 0. The number of hydrogen-bond acceptors (Lipinski definition) is 4. The number of pyridine rings is 1. The quantitative estimate of drug-likeness (QED) is 0.526. The maximum Gasteiger partial charge on any atom is 0.303 e. The first-order valence-electron chi connectivity index (χ1n) is 8.45. The average Bonchev–Trinajstić information content (AvgIpc) is 2.64. The number of hydrogen-bond donors (Lipinski definition) is 3. The summed E-state index contributed by atoms with van der Waals surface area (Å²) in [6.07, 6.45) is 4.26. The van der Waals surface area contributed by atoms with Gasteiger partial charge >= 0.3 is 5.97 Å². The zero-order valence-electron chi connectivity index (χ0n) is 14.5. The molecule has 0 radical (unpaired) electrons. The van der Waals surface area contributed by atoms with Crippen molar-refractivity contribution in [3.63, 3.8) is 0 Å². The van der Waals surface area contributed by atoms with E-state index in [4.69, 9.17) is 5.11 Å². The van der Waals surface area contributed by atoms with Crippen LogP contribution in [0, 0.1) is 0 Å². The van der Waals surface area contributed by atoms with Gasteiger partial charge in [-0.2, -0.15) is 0 Å². The van der Waals surface area contributed by atoms with E-state index in [9.17, 15) is 14.4 Å². The molecule has 0 spiro atoms. The molecule has 2 amide bonds. The van der Waals surface area contributed by atoms with E-state index in [-0.39, 0.29) is 12.3 Å². The monoisotopic (exact) mass is 433 g/mol. The topological polar surface area (TPSA) is 108 Å². The van der Waals surface area contributed by atoms with Crippen molar-refractivity contribution in [2.45, 2.75) is 31.7 Å². The zero-order chi connectivity index (χ0) is 19.6. The number of nitrogens with one attached hydrogen (secondary N) is 2. The van der Waals surface area contributed by atoms with Gasteiger partial charge in [0.25, 0.3) is 5.91 Å². The van der Waals surface area contributed by atoms with Crippen LogP contribution in [0.25, 0.3) is 0 Å². The molecule has 1 atom stereocenters. The smallest absolute Gasteiger partial charge is 0.303 e. The number of aromatic nitrogens is 1. The van der Waals surface area contributed by atoms with Crippen LogP contribution >= 0.6 is 15.9 Å². The van der Waals surface area contributed by atoms with Crippen LogP contribution in [0.1, 0.15) is 36.0 Å². The summed E-state index contributed by atoms with van der Waals surface area (Å²) < 4.78 is 0.817. The van der Waals surface area contributed by atoms with Crippen molar-refractivity contribution in [2.75, 3.05) is 5.32 Å². The summed E-state index contributed by atoms with van der Waals surface area (Å²) in [6.45, 7) is 0. The van der Waals surface area contributed by atoms with Crippen molar-refractivity contribution in [3.8, 4) is 0 Å². The number of carboxylic acids is 1. The summed E-state index contributed by atoms with van der Waals surface area (Å²) in [5, 5.41) is 14.2. The molecule has 2 aromatic rings. The third-order valence-corrected chi connectivity index (χ3v) is 4.26. The van der Waals surface area contributed by atoms with Crippen LogP contribution in [0.3, 0.4) is 0 Å². The Morgan fingerprint density at radius 3 is 2.63 bits per heavy atom. The van der Waals surface area contributed by atoms with Gasteiger partial charge in [0.15, 0.2) is 0 Å². The Kier molecular flexibility index (Phi) is 7.94. The molecular weight excluding hydrogens is 414 g/mol. The Bertz CT molecular complexity index is 799. The molecule has 8 heteroatoms. The van der Waals surface area contributed by atoms with E-state index in [1.165, 1.54) is 6.20 Å². The Hall–Kier alpha value is -2.74. The fraction of sp³-hybridized carbons (Fsp3) is 0.263. The molecule has 1 aromatic carbocycles. The normalized spacial score (nSPS) is 11.4. The highest BCUT2D eigenvalue weighted by atomic mass is 79.9. The van der Waals surface area contributed by atoms with E-state index in [2.05, 4.69) is 31.5 Å². The molecule has 0 saturated carbocycles. The Morgan fingerprint density at radius 1 is 1.15 bits per heavy atom. The van der Waals surface area contributed by atoms with Crippen LogP contribution in [0.4, 0.5) is 5.69 Å². The number of carbonyl (C=O) groups is 3. The third kappa shape index (κ3) is 7.18. The van der Waals surface area contributed by atoms with Crippen molar-refractivity contribution in [1.29, 1.82) is 0 Å². The minimum Gasteiger partial charge on any atom is -0.481 e. The fourth-order valence-electron chi connectivity index (χ4n) is 2.43. The van der Waals surface area contributed by atoms with Gasteiger partial charge in [-0.25, -0.2) is 0 Å². The van der Waals surface area contributed by atoms with E-state index >= 15 is 0 Å². The highest BCUT2D eigenvalue weighted by Crippen LogP contribution is 2.16. The van der Waals surface area contributed by atoms with Crippen molar-refractivity contribution in [1.82, 2.24) is 10.3 Å². The predicted molar refractivity (Wildman–Crippen MR) is 104 cm³/mol. The van der Waals surface area contributed by atoms with Crippen LogP contribution in [0.2, 0.25) is 0 Å². The number of anilines is 1. The molecule has 1 aromatic heterocycles. The molecule has 0 bridgehead atoms. The average molecular weight is 434 g/mol. The molecule has 3 N–H and O–H groups in total. The second-order valence-electron chi connectivity index (χ2n) is 5.91. The van der Waals surface area contributed by atoms with Gasteiger partial charge in [0.2, 0.25) is 5.91 Å². The summed E-state index contributed by atoms with van der Waals surface area (Å²) in [5.41, 5.74) is 0.948. The SMILES string of the molecule is O=C(O)CCCCC(NC(=O)c1cccnc1)C(=O)Nc1cccc(Br)c1. The number of rotatable bonds is 9. The lowest BCUT2D eigenvalue weighted by molar-refractivity contribution is -0.137. The summed E-state index contributed by atoms with van der Waals surface area (Å²) in [6, 6.07) is 9.58. The highest BCUT2D eigenvalue weighted by molar-refractivity contribution is 9.10. The lowest BCUT2D eigenvalue weighted by atomic mass is 10.1. The Labute approximate surface area is 165 Å². The van der Waals surface area contributed by atoms with Crippen LogP contribution in [-0.4, -0.2) is 33.9 Å². The highest BCUT2D eigenvalue weighted by Gasteiger charge is 2.21. The number of amides is 2. The number of benzene rings is 1. The summed E-state index contributed by atoms with van der Waals surface area (Å²) in [5.74, 6) is -1.65. The fourth-order valence-corrected chi connectivity index (χ4v) is 2.83. The summed E-state index contributed by atoms with van der Waals surface area (Å²) >= 11 is 3.34. The third-order valence-electron chi connectivity index (χ3n) is 3.77. The number of halogens is 1. The van der Waals surface area contributed by atoms with Crippen LogP contribution in [-0.2, 0) is 9.59 Å². The van der Waals surface area contributed by atoms with Crippen molar-refractivity contribution >= 4 is 39.4 Å². The van der Waals surface area contributed by atoms with E-state index < -0.39 is 17.9 Å². The van der Waals surface area contributed by atoms with Gasteiger partial charge in [-0.15, -0.1) is 0 Å². The second-order valence-corrected chi connectivity index (χ2v) is 6.82. The molecule has 0 aliphatic heterocycles. The minimum atomic E-state index is -0.885. The van der Waals surface area contributed by atoms with Gasteiger partial charge in [-0.05, 0) is 43.2 Å². The number of unbranched alkanes of at least 4 members (excludes halogenated alkanes) is 1. The van der Waals surface area contributed by atoms with E-state index in [0.29, 0.717) is 30.5 Å².